The Labute approximate surface area is 165 Å². The molecule has 0 aromatic heterocycles. The highest BCUT2D eigenvalue weighted by Crippen LogP contribution is 2.04. The Morgan fingerprint density at radius 3 is 1.14 bits per heavy atom. The lowest BCUT2D eigenvalue weighted by atomic mass is 10.1. The number of hydrogen-bond donors (Lipinski definition) is 7. The first kappa shape index (κ1) is 36.6. The maximum atomic E-state index is 10.0. The summed E-state index contributed by atoms with van der Waals surface area (Å²) in [6.45, 7) is 4.67. The average Bonchev–Trinajstić information content (AvgIpc) is 2.52. The van der Waals surface area contributed by atoms with Crippen LogP contribution in [-0.2, 0) is 19.2 Å². The molecule has 7 N–H and O–H groups in total. The topological polar surface area (TPSA) is 210 Å². The Kier molecular flexibility index (Phi) is 42.4. The zero-order valence-electron chi connectivity index (χ0n) is 17.0. The van der Waals surface area contributed by atoms with Gasteiger partial charge in [0.2, 0.25) is 0 Å². The second-order valence-corrected chi connectivity index (χ2v) is 5.13. The van der Waals surface area contributed by atoms with Crippen LogP contribution in [-0.4, -0.2) is 78.9 Å². The lowest BCUT2D eigenvalue weighted by Crippen LogP contribution is -2.15. The van der Waals surface area contributed by atoms with Crippen molar-refractivity contribution in [3.63, 3.8) is 0 Å². The van der Waals surface area contributed by atoms with E-state index in [0.717, 1.165) is 33.6 Å². The van der Waals surface area contributed by atoms with E-state index >= 15 is 0 Å². The highest BCUT2D eigenvalue weighted by Gasteiger charge is 1.95. The zero-order valence-corrected chi connectivity index (χ0v) is 17.0. The van der Waals surface area contributed by atoms with E-state index in [1.54, 1.807) is 0 Å². The second kappa shape index (κ2) is 32.4. The van der Waals surface area contributed by atoms with Crippen LogP contribution in [0, 0.1) is 0 Å². The van der Waals surface area contributed by atoms with Crippen LogP contribution in [0.15, 0.2) is 0 Å². The molecule has 0 amide bonds. The maximum Gasteiger partial charge on any atom is 0.303 e. The van der Waals surface area contributed by atoms with E-state index in [9.17, 15) is 4.79 Å². The molecule has 0 radical (unpaired) electrons. The fraction of sp³-hybridized carbons (Fsp3) is 0.765. The number of aliphatic carboxylic acids is 4. The van der Waals surface area contributed by atoms with Crippen LogP contribution in [0.5, 0.6) is 0 Å². The van der Waals surface area contributed by atoms with Gasteiger partial charge in [-0.3, -0.25) is 19.2 Å². The minimum atomic E-state index is -0.954. The number of carboxylic acid groups (broad SMARTS) is 4. The largest absolute Gasteiger partial charge is 0.481 e. The summed E-state index contributed by atoms with van der Waals surface area (Å²) in [6, 6.07) is 0. The molecule has 0 saturated heterocycles. The Morgan fingerprint density at radius 1 is 0.679 bits per heavy atom. The average molecular weight is 416 g/mol. The molecule has 0 aliphatic carbocycles. The number of aliphatic hydroxyl groups excluding tert-OH is 3. The van der Waals surface area contributed by atoms with E-state index in [1.807, 2.05) is 0 Å². The molecule has 11 nitrogen and oxygen atoms in total. The monoisotopic (exact) mass is 416 g/mol. The number of hydrogen-bond acceptors (Lipinski definition) is 7. The molecule has 170 valence electrons. The molecule has 0 atom stereocenters. The van der Waals surface area contributed by atoms with Gasteiger partial charge < -0.3 is 35.7 Å². The minimum absolute atomic E-state index is 0.337. The number of aliphatic hydroxyl groups is 3. The Bertz CT molecular complexity index is 326. The van der Waals surface area contributed by atoms with Crippen LogP contribution in [0.3, 0.4) is 0 Å². The molecule has 28 heavy (non-hydrogen) atoms. The van der Waals surface area contributed by atoms with Gasteiger partial charge in [-0.1, -0.05) is 32.6 Å². The summed E-state index contributed by atoms with van der Waals surface area (Å²) in [5.41, 5.74) is 0. The molecule has 0 aromatic rings. The third-order valence-corrected chi connectivity index (χ3v) is 1.92. The first-order chi connectivity index (χ1) is 12.8. The maximum absolute atomic E-state index is 10.0. The smallest absolute Gasteiger partial charge is 0.303 e. The van der Waals surface area contributed by atoms with E-state index in [1.165, 1.54) is 19.3 Å². The normalized spacial score (nSPS) is 8.29. The van der Waals surface area contributed by atoms with Crippen LogP contribution in [0.1, 0.15) is 66.2 Å². The molecule has 0 aromatic carbocycles. The summed E-state index contributed by atoms with van der Waals surface area (Å²) in [4.78, 5) is 37.0. The van der Waals surface area contributed by atoms with E-state index in [4.69, 9.17) is 50.1 Å². The summed E-state index contributed by atoms with van der Waals surface area (Å²) >= 11 is 0. The predicted octanol–water partition coefficient (Wildman–Crippen LogP) is 1.04. The lowest BCUT2D eigenvalue weighted by molar-refractivity contribution is -0.137. The third-order valence-electron chi connectivity index (χ3n) is 1.92. The molecule has 11 heteroatoms. The van der Waals surface area contributed by atoms with E-state index in [0.29, 0.717) is 6.42 Å². The predicted molar refractivity (Wildman–Crippen MR) is 101 cm³/mol. The van der Waals surface area contributed by atoms with Crippen LogP contribution in [0.2, 0.25) is 0 Å². The van der Waals surface area contributed by atoms with Crippen molar-refractivity contribution < 1.29 is 54.9 Å². The summed E-state index contributed by atoms with van der Waals surface area (Å²) in [7, 11) is 0. The third kappa shape index (κ3) is 160. The number of rotatable bonds is 8. The molecule has 0 fully saturated rings. The number of carboxylic acids is 4. The van der Waals surface area contributed by atoms with Crippen molar-refractivity contribution in [2.75, 3.05) is 13.2 Å². The molecular formula is C17H36O11. The standard InChI is InChI=1S/C8H16O2.C3H8O3.3C2H4O2/c1-2-3-4-5-6-7-8(9)10;4-1-3(6)2-5;3*1-2(3)4/h2-7H2,1H3,(H,9,10);3-6H,1-2H2;3*1H3,(H,3,4). The first-order valence-electron chi connectivity index (χ1n) is 8.48. The fourth-order valence-electron chi connectivity index (χ4n) is 0.938. The van der Waals surface area contributed by atoms with Gasteiger partial charge in [-0.05, 0) is 6.42 Å². The van der Waals surface area contributed by atoms with Crippen LogP contribution >= 0.6 is 0 Å². The molecular weight excluding hydrogens is 380 g/mol. The number of unbranched alkanes of at least 4 members (excludes halogenated alkanes) is 4. The summed E-state index contributed by atoms with van der Waals surface area (Å²) in [5, 5.41) is 54.5. The first-order valence-corrected chi connectivity index (χ1v) is 8.48. The minimum Gasteiger partial charge on any atom is -0.481 e. The molecule has 0 rings (SSSR count). The van der Waals surface area contributed by atoms with Gasteiger partial charge in [0.05, 0.1) is 13.2 Å². The molecule has 0 heterocycles. The van der Waals surface area contributed by atoms with Crippen molar-refractivity contribution in [2.24, 2.45) is 0 Å². The van der Waals surface area contributed by atoms with Gasteiger partial charge in [-0.15, -0.1) is 0 Å². The van der Waals surface area contributed by atoms with E-state index in [-0.39, 0.29) is 13.2 Å². The Hall–Kier alpha value is -2.24. The molecule has 0 bridgehead atoms. The van der Waals surface area contributed by atoms with Crippen LogP contribution in [0.25, 0.3) is 0 Å². The van der Waals surface area contributed by atoms with Gasteiger partial charge in [0.25, 0.3) is 17.9 Å². The number of carbonyl (C=O) groups is 4. The van der Waals surface area contributed by atoms with Crippen molar-refractivity contribution in [3.8, 4) is 0 Å². The highest BCUT2D eigenvalue weighted by molar-refractivity contribution is 5.66. The van der Waals surface area contributed by atoms with Gasteiger partial charge in [-0.2, -0.15) is 0 Å². The van der Waals surface area contributed by atoms with Crippen LogP contribution in [0.4, 0.5) is 0 Å². The van der Waals surface area contributed by atoms with Gasteiger partial charge in [0.15, 0.2) is 0 Å². The molecule has 0 spiro atoms. The Morgan fingerprint density at radius 2 is 0.964 bits per heavy atom. The quantitative estimate of drug-likeness (QED) is 0.278. The molecule has 0 aliphatic heterocycles. The summed E-state index contributed by atoms with van der Waals surface area (Å²) < 4.78 is 0. The second-order valence-electron chi connectivity index (χ2n) is 5.13. The van der Waals surface area contributed by atoms with Crippen molar-refractivity contribution in [2.45, 2.75) is 72.3 Å². The van der Waals surface area contributed by atoms with Gasteiger partial charge >= 0.3 is 5.97 Å². The van der Waals surface area contributed by atoms with E-state index in [2.05, 4.69) is 6.92 Å². The fourth-order valence-corrected chi connectivity index (χ4v) is 0.938. The van der Waals surface area contributed by atoms with Crippen LogP contribution < -0.4 is 0 Å². The van der Waals surface area contributed by atoms with Gasteiger partial charge in [-0.25, -0.2) is 0 Å². The lowest BCUT2D eigenvalue weighted by Gasteiger charge is -1.96. The molecule has 0 aliphatic rings. The zero-order chi connectivity index (χ0) is 23.5. The van der Waals surface area contributed by atoms with Crippen molar-refractivity contribution in [3.05, 3.63) is 0 Å². The molecule has 0 unspecified atom stereocenters. The Balaban J connectivity index is -0.0000000845. The van der Waals surface area contributed by atoms with Crippen molar-refractivity contribution in [1.82, 2.24) is 0 Å². The van der Waals surface area contributed by atoms with E-state index < -0.39 is 30.0 Å². The van der Waals surface area contributed by atoms with Crippen molar-refractivity contribution in [1.29, 1.82) is 0 Å². The van der Waals surface area contributed by atoms with Gasteiger partial charge in [0, 0.05) is 27.2 Å². The highest BCUT2D eigenvalue weighted by atomic mass is 16.4. The van der Waals surface area contributed by atoms with Crippen molar-refractivity contribution >= 4 is 23.9 Å². The van der Waals surface area contributed by atoms with Gasteiger partial charge in [0.1, 0.15) is 6.10 Å². The SMILES string of the molecule is CC(=O)O.CC(=O)O.CC(=O)O.CCCCCCCC(=O)O.OCC(O)CO. The summed E-state index contributed by atoms with van der Waals surface area (Å²) in [6.07, 6.45) is 4.93. The summed E-state index contributed by atoms with van der Waals surface area (Å²) in [5.74, 6) is -3.17. The molecule has 0 saturated carbocycles.